The Morgan fingerprint density at radius 3 is 2.31 bits per heavy atom. The molecule has 0 spiro atoms. The van der Waals surface area contributed by atoms with E-state index in [9.17, 15) is 14.4 Å². The second kappa shape index (κ2) is 6.00. The number of rotatable bonds is 2. The van der Waals surface area contributed by atoms with Gasteiger partial charge in [0.15, 0.2) is 17.3 Å². The van der Waals surface area contributed by atoms with Crippen molar-refractivity contribution < 1.29 is 14.4 Å². The summed E-state index contributed by atoms with van der Waals surface area (Å²) in [5.41, 5.74) is -1.85. The number of pyridine rings is 1. The normalized spacial score (nSPS) is 19.2. The Bertz CT molecular complexity index is 1020. The van der Waals surface area contributed by atoms with Gasteiger partial charge in [-0.2, -0.15) is 0 Å². The number of hydrogen-bond acceptors (Lipinski definition) is 4. The number of Topliss-reactive ketones (excluding diaryl/α,β-unsaturated/α-hetero) is 3. The SMILES string of the molecule is CC1(C)C(=O)C(C(=O)c2ccc(Cl)c3ncccc23)=C(Cl)C(C)(C)C1=O. The van der Waals surface area contributed by atoms with Crippen LogP contribution in [-0.2, 0) is 9.59 Å². The Morgan fingerprint density at radius 1 is 1.00 bits per heavy atom. The molecule has 0 bridgehead atoms. The van der Waals surface area contributed by atoms with Crippen LogP contribution in [0.25, 0.3) is 10.9 Å². The minimum Gasteiger partial charge on any atom is -0.298 e. The zero-order valence-corrected chi connectivity index (χ0v) is 16.3. The van der Waals surface area contributed by atoms with Crippen molar-refractivity contribution in [2.75, 3.05) is 0 Å². The molecule has 3 rings (SSSR count). The van der Waals surface area contributed by atoms with Crippen LogP contribution in [0.1, 0.15) is 38.1 Å². The van der Waals surface area contributed by atoms with Gasteiger partial charge in [0.1, 0.15) is 0 Å². The molecule has 1 aliphatic rings. The number of ketones is 3. The number of nitrogens with zero attached hydrogens (tertiary/aromatic N) is 1. The zero-order valence-electron chi connectivity index (χ0n) is 14.8. The van der Waals surface area contributed by atoms with Crippen molar-refractivity contribution in [1.29, 1.82) is 0 Å². The van der Waals surface area contributed by atoms with Crippen LogP contribution in [0.4, 0.5) is 0 Å². The molecule has 6 heteroatoms. The predicted octanol–water partition coefficient (Wildman–Crippen LogP) is 4.77. The molecule has 2 aromatic rings. The Labute approximate surface area is 161 Å². The highest BCUT2D eigenvalue weighted by molar-refractivity contribution is 6.46. The van der Waals surface area contributed by atoms with Crippen LogP contribution in [0.2, 0.25) is 5.02 Å². The fourth-order valence-corrected chi connectivity index (χ4v) is 3.85. The standard InChI is InChI=1S/C20H17Cl2NO3/c1-19(2)16(22)13(17(25)20(3,4)18(19)26)15(24)11-7-8-12(21)14-10(11)6-5-9-23-14/h5-9H,1-4H3. The summed E-state index contributed by atoms with van der Waals surface area (Å²) in [6, 6.07) is 6.51. The van der Waals surface area contributed by atoms with Crippen LogP contribution in [0.5, 0.6) is 0 Å². The van der Waals surface area contributed by atoms with Gasteiger partial charge < -0.3 is 0 Å². The molecule has 134 valence electrons. The number of fused-ring (bicyclic) bond motifs is 1. The molecule has 1 heterocycles. The molecule has 4 nitrogen and oxygen atoms in total. The van der Waals surface area contributed by atoms with Crippen LogP contribution in [0.15, 0.2) is 41.1 Å². The summed E-state index contributed by atoms with van der Waals surface area (Å²) in [5.74, 6) is -1.40. The van der Waals surface area contributed by atoms with Crippen molar-refractivity contribution in [2.24, 2.45) is 10.8 Å². The summed E-state index contributed by atoms with van der Waals surface area (Å²) in [4.78, 5) is 43.1. The second-order valence-electron chi connectivity index (χ2n) is 7.42. The van der Waals surface area contributed by atoms with E-state index in [0.29, 0.717) is 15.9 Å². The molecule has 1 aromatic heterocycles. The van der Waals surface area contributed by atoms with Crippen molar-refractivity contribution in [2.45, 2.75) is 27.7 Å². The maximum absolute atomic E-state index is 13.3. The average Bonchev–Trinajstić information content (AvgIpc) is 2.60. The van der Waals surface area contributed by atoms with Gasteiger partial charge in [-0.3, -0.25) is 19.4 Å². The summed E-state index contributed by atoms with van der Waals surface area (Å²) in [7, 11) is 0. The molecule has 0 saturated carbocycles. The Balaban J connectivity index is 2.28. The first-order valence-electron chi connectivity index (χ1n) is 8.09. The molecule has 1 aromatic carbocycles. The van der Waals surface area contributed by atoms with Gasteiger partial charge in [0, 0.05) is 22.2 Å². The summed E-state index contributed by atoms with van der Waals surface area (Å²) < 4.78 is 0. The third-order valence-corrected chi connectivity index (χ3v) is 5.86. The van der Waals surface area contributed by atoms with E-state index >= 15 is 0 Å². The van der Waals surface area contributed by atoms with Crippen molar-refractivity contribution in [3.63, 3.8) is 0 Å². The van der Waals surface area contributed by atoms with E-state index in [1.54, 1.807) is 44.3 Å². The van der Waals surface area contributed by atoms with Gasteiger partial charge in [-0.25, -0.2) is 0 Å². The molecule has 0 amide bonds. The number of allylic oxidation sites excluding steroid dienone is 2. The number of carbonyl (C=O) groups is 3. The predicted molar refractivity (Wildman–Crippen MR) is 102 cm³/mol. The van der Waals surface area contributed by atoms with Gasteiger partial charge in [0.2, 0.25) is 0 Å². The Hall–Kier alpha value is -2.04. The summed E-state index contributed by atoms with van der Waals surface area (Å²) in [6.07, 6.45) is 1.57. The minimum atomic E-state index is -1.33. The van der Waals surface area contributed by atoms with Crippen LogP contribution >= 0.6 is 23.2 Å². The first-order valence-corrected chi connectivity index (χ1v) is 8.84. The van der Waals surface area contributed by atoms with Crippen molar-refractivity contribution in [3.05, 3.63) is 51.7 Å². The van der Waals surface area contributed by atoms with Gasteiger partial charge in [0.25, 0.3) is 0 Å². The van der Waals surface area contributed by atoms with E-state index in [4.69, 9.17) is 23.2 Å². The fraction of sp³-hybridized carbons (Fsp3) is 0.300. The van der Waals surface area contributed by atoms with Gasteiger partial charge in [-0.1, -0.05) is 29.3 Å². The minimum absolute atomic E-state index is 0.0242. The largest absolute Gasteiger partial charge is 0.298 e. The van der Waals surface area contributed by atoms with Crippen LogP contribution in [0.3, 0.4) is 0 Å². The van der Waals surface area contributed by atoms with Gasteiger partial charge >= 0.3 is 0 Å². The highest BCUT2D eigenvalue weighted by Gasteiger charge is 2.53. The third-order valence-electron chi connectivity index (χ3n) is 4.89. The van der Waals surface area contributed by atoms with Gasteiger partial charge in [-0.15, -0.1) is 0 Å². The summed E-state index contributed by atoms with van der Waals surface area (Å²) in [6.45, 7) is 6.30. The molecule has 0 unspecified atom stereocenters. The highest BCUT2D eigenvalue weighted by Crippen LogP contribution is 2.46. The molecule has 1 aliphatic carbocycles. The summed E-state index contributed by atoms with van der Waals surface area (Å²) in [5, 5.41) is 0.911. The number of carbonyl (C=O) groups excluding carboxylic acids is 3. The molecular formula is C20H17Cl2NO3. The van der Waals surface area contributed by atoms with Crippen LogP contribution in [0, 0.1) is 10.8 Å². The van der Waals surface area contributed by atoms with Crippen LogP contribution < -0.4 is 0 Å². The zero-order chi connectivity index (χ0) is 19.4. The molecule has 0 radical (unpaired) electrons. The maximum atomic E-state index is 13.3. The van der Waals surface area contributed by atoms with E-state index in [1.807, 2.05) is 0 Å². The lowest BCUT2D eigenvalue weighted by Crippen LogP contribution is -2.49. The lowest BCUT2D eigenvalue weighted by atomic mass is 9.63. The third kappa shape index (κ3) is 2.51. The quantitative estimate of drug-likeness (QED) is 0.421. The van der Waals surface area contributed by atoms with E-state index in [0.717, 1.165) is 0 Å². The average molecular weight is 390 g/mol. The lowest BCUT2D eigenvalue weighted by molar-refractivity contribution is -0.142. The number of hydrogen-bond donors (Lipinski definition) is 0. The molecule has 0 atom stereocenters. The van der Waals surface area contributed by atoms with Gasteiger partial charge in [-0.05, 0) is 45.9 Å². The molecule has 0 fully saturated rings. The molecular weight excluding hydrogens is 373 g/mol. The smallest absolute Gasteiger partial charge is 0.198 e. The van der Waals surface area contributed by atoms with Crippen LogP contribution in [-0.4, -0.2) is 22.3 Å². The first kappa shape index (κ1) is 18.7. The maximum Gasteiger partial charge on any atom is 0.198 e. The molecule has 0 N–H and O–H groups in total. The van der Waals surface area contributed by atoms with E-state index < -0.39 is 22.4 Å². The van der Waals surface area contributed by atoms with Crippen molar-refractivity contribution >= 4 is 51.5 Å². The lowest BCUT2D eigenvalue weighted by Gasteiger charge is -2.38. The Kier molecular flexibility index (Phi) is 4.32. The molecule has 26 heavy (non-hydrogen) atoms. The molecule has 0 saturated heterocycles. The Morgan fingerprint density at radius 2 is 1.65 bits per heavy atom. The first-order chi connectivity index (χ1) is 12.0. The van der Waals surface area contributed by atoms with E-state index in [2.05, 4.69) is 4.98 Å². The number of halogens is 2. The number of benzene rings is 1. The fourth-order valence-electron chi connectivity index (χ4n) is 3.38. The number of aromatic nitrogens is 1. The summed E-state index contributed by atoms with van der Waals surface area (Å²) >= 11 is 12.6. The monoisotopic (exact) mass is 389 g/mol. The van der Waals surface area contributed by atoms with E-state index in [-0.39, 0.29) is 22.0 Å². The second-order valence-corrected chi connectivity index (χ2v) is 8.21. The van der Waals surface area contributed by atoms with Crippen molar-refractivity contribution in [3.8, 4) is 0 Å². The van der Waals surface area contributed by atoms with Crippen molar-refractivity contribution in [1.82, 2.24) is 4.98 Å². The van der Waals surface area contributed by atoms with E-state index in [1.165, 1.54) is 13.8 Å². The molecule has 0 aliphatic heterocycles. The topological polar surface area (TPSA) is 64.1 Å². The van der Waals surface area contributed by atoms with Gasteiger partial charge in [0.05, 0.1) is 26.9 Å². The highest BCUT2D eigenvalue weighted by atomic mass is 35.5.